The number of carbonyl (C=O) groups excluding carboxylic acids is 1. The average Bonchev–Trinajstić information content (AvgIpc) is 3.17. The first-order valence-corrected chi connectivity index (χ1v) is 10.1. The number of aromatic nitrogens is 2. The summed E-state index contributed by atoms with van der Waals surface area (Å²) < 4.78 is 25.2. The standard InChI is InChI=1S/C21H17N3O3S/c25-21(19-14-23-20-10-11-22-13-18(19)20)24-12-15-6-8-17(9-7-15)28(26,27)16-4-2-1-3-5-16/h1-11,13-14,23H,12H2,(H,24,25). The Balaban J connectivity index is 1.47. The quantitative estimate of drug-likeness (QED) is 0.546. The van der Waals surface area contributed by atoms with Crippen LogP contribution >= 0.6 is 0 Å². The van der Waals surface area contributed by atoms with Crippen LogP contribution in [0, 0.1) is 0 Å². The first kappa shape index (κ1) is 17.9. The lowest BCUT2D eigenvalue weighted by Gasteiger charge is -2.07. The number of fused-ring (bicyclic) bond motifs is 1. The number of H-pyrrole nitrogens is 1. The Morgan fingerprint density at radius 3 is 2.43 bits per heavy atom. The van der Waals surface area contributed by atoms with E-state index in [2.05, 4.69) is 15.3 Å². The SMILES string of the molecule is O=C(NCc1ccc(S(=O)(=O)c2ccccc2)cc1)c1c[nH]c2ccncc12. The molecule has 4 aromatic rings. The van der Waals surface area contributed by atoms with Crippen molar-refractivity contribution in [2.75, 3.05) is 0 Å². The Bertz CT molecular complexity index is 1230. The molecule has 0 unspecified atom stereocenters. The molecule has 140 valence electrons. The summed E-state index contributed by atoms with van der Waals surface area (Å²) in [5, 5.41) is 3.60. The van der Waals surface area contributed by atoms with Crippen LogP contribution in [-0.4, -0.2) is 24.3 Å². The number of sulfone groups is 1. The van der Waals surface area contributed by atoms with Gasteiger partial charge >= 0.3 is 0 Å². The Kier molecular flexibility index (Phi) is 4.67. The molecule has 6 nitrogen and oxygen atoms in total. The van der Waals surface area contributed by atoms with Crippen molar-refractivity contribution < 1.29 is 13.2 Å². The molecule has 2 heterocycles. The van der Waals surface area contributed by atoms with Crippen molar-refractivity contribution in [1.82, 2.24) is 15.3 Å². The highest BCUT2D eigenvalue weighted by molar-refractivity contribution is 7.91. The van der Waals surface area contributed by atoms with E-state index in [1.807, 2.05) is 0 Å². The van der Waals surface area contributed by atoms with Gasteiger partial charge in [-0.25, -0.2) is 8.42 Å². The van der Waals surface area contributed by atoms with Gasteiger partial charge in [-0.3, -0.25) is 9.78 Å². The third-order valence-electron chi connectivity index (χ3n) is 4.47. The molecule has 28 heavy (non-hydrogen) atoms. The molecule has 2 N–H and O–H groups in total. The van der Waals surface area contributed by atoms with E-state index in [1.54, 1.807) is 79.3 Å². The third-order valence-corrected chi connectivity index (χ3v) is 6.25. The van der Waals surface area contributed by atoms with Gasteiger partial charge in [-0.05, 0) is 35.9 Å². The first-order valence-electron chi connectivity index (χ1n) is 8.64. The largest absolute Gasteiger partial charge is 0.360 e. The Hall–Kier alpha value is -3.45. The van der Waals surface area contributed by atoms with Gasteiger partial charge in [-0.1, -0.05) is 30.3 Å². The number of rotatable bonds is 5. The summed E-state index contributed by atoms with van der Waals surface area (Å²) in [4.78, 5) is 20.0. The van der Waals surface area contributed by atoms with E-state index in [0.717, 1.165) is 16.5 Å². The van der Waals surface area contributed by atoms with Gasteiger partial charge in [0.25, 0.3) is 5.91 Å². The maximum Gasteiger partial charge on any atom is 0.253 e. The minimum absolute atomic E-state index is 0.219. The summed E-state index contributed by atoms with van der Waals surface area (Å²) in [6, 6.07) is 16.6. The highest BCUT2D eigenvalue weighted by Crippen LogP contribution is 2.21. The highest BCUT2D eigenvalue weighted by Gasteiger charge is 2.17. The molecule has 0 aliphatic carbocycles. The number of hydrogen-bond acceptors (Lipinski definition) is 4. The Morgan fingerprint density at radius 1 is 0.964 bits per heavy atom. The Morgan fingerprint density at radius 2 is 1.68 bits per heavy atom. The maximum absolute atomic E-state index is 12.6. The summed E-state index contributed by atoms with van der Waals surface area (Å²) in [6.07, 6.45) is 4.95. The van der Waals surface area contributed by atoms with Gasteiger partial charge in [0.15, 0.2) is 0 Å². The summed E-state index contributed by atoms with van der Waals surface area (Å²) >= 11 is 0. The van der Waals surface area contributed by atoms with Crippen molar-refractivity contribution in [1.29, 1.82) is 0 Å². The molecule has 0 fully saturated rings. The number of nitrogens with zero attached hydrogens (tertiary/aromatic N) is 1. The molecule has 0 atom stereocenters. The predicted molar refractivity (Wildman–Crippen MR) is 106 cm³/mol. The van der Waals surface area contributed by atoms with Gasteiger partial charge in [0.2, 0.25) is 9.84 Å². The molecule has 0 aliphatic rings. The van der Waals surface area contributed by atoms with Gasteiger partial charge in [-0.15, -0.1) is 0 Å². The summed E-state index contributed by atoms with van der Waals surface area (Å²) in [5.41, 5.74) is 2.17. The van der Waals surface area contributed by atoms with E-state index in [-0.39, 0.29) is 22.2 Å². The number of carbonyl (C=O) groups is 1. The molecule has 1 amide bonds. The van der Waals surface area contributed by atoms with E-state index in [4.69, 9.17) is 0 Å². The van der Waals surface area contributed by atoms with E-state index in [0.29, 0.717) is 5.56 Å². The van der Waals surface area contributed by atoms with Crippen LogP contribution in [0.3, 0.4) is 0 Å². The highest BCUT2D eigenvalue weighted by atomic mass is 32.2. The van der Waals surface area contributed by atoms with Gasteiger partial charge in [0.1, 0.15) is 0 Å². The lowest BCUT2D eigenvalue weighted by atomic mass is 10.2. The van der Waals surface area contributed by atoms with Crippen LogP contribution < -0.4 is 5.32 Å². The fraction of sp³-hybridized carbons (Fsp3) is 0.0476. The normalized spacial score (nSPS) is 11.4. The van der Waals surface area contributed by atoms with Crippen molar-refractivity contribution >= 4 is 26.6 Å². The molecule has 2 aromatic carbocycles. The zero-order valence-electron chi connectivity index (χ0n) is 14.8. The molecule has 0 radical (unpaired) electrons. The smallest absolute Gasteiger partial charge is 0.253 e. The summed E-state index contributed by atoms with van der Waals surface area (Å²) in [5.74, 6) is -0.222. The number of amides is 1. The van der Waals surface area contributed by atoms with Crippen LogP contribution in [0.2, 0.25) is 0 Å². The van der Waals surface area contributed by atoms with Gasteiger partial charge in [-0.2, -0.15) is 0 Å². The molecule has 7 heteroatoms. The van der Waals surface area contributed by atoms with Crippen LogP contribution in [0.25, 0.3) is 10.9 Å². The summed E-state index contributed by atoms with van der Waals surface area (Å²) in [7, 11) is -3.55. The monoisotopic (exact) mass is 391 g/mol. The Labute approximate surface area is 162 Å². The third kappa shape index (κ3) is 3.39. The molecular formula is C21H17N3O3S. The van der Waals surface area contributed by atoms with E-state index < -0.39 is 9.84 Å². The maximum atomic E-state index is 12.6. The lowest BCUT2D eigenvalue weighted by molar-refractivity contribution is 0.0952. The van der Waals surface area contributed by atoms with Crippen LogP contribution in [0.5, 0.6) is 0 Å². The van der Waals surface area contributed by atoms with Crippen LogP contribution in [0.1, 0.15) is 15.9 Å². The molecular weight excluding hydrogens is 374 g/mol. The number of benzene rings is 2. The number of nitrogens with one attached hydrogen (secondary N) is 2. The van der Waals surface area contributed by atoms with Crippen LogP contribution in [-0.2, 0) is 16.4 Å². The molecule has 0 saturated heterocycles. The second-order valence-corrected chi connectivity index (χ2v) is 8.22. The fourth-order valence-corrected chi connectivity index (χ4v) is 4.23. The lowest BCUT2D eigenvalue weighted by Crippen LogP contribution is -2.22. The number of hydrogen-bond donors (Lipinski definition) is 2. The molecule has 0 spiro atoms. The van der Waals surface area contributed by atoms with Crippen molar-refractivity contribution in [3.8, 4) is 0 Å². The molecule has 0 bridgehead atoms. The molecule has 4 rings (SSSR count). The topological polar surface area (TPSA) is 91.9 Å². The second-order valence-electron chi connectivity index (χ2n) is 6.27. The van der Waals surface area contributed by atoms with Crippen molar-refractivity contribution in [3.05, 3.63) is 90.4 Å². The first-order chi connectivity index (χ1) is 13.6. The average molecular weight is 391 g/mol. The van der Waals surface area contributed by atoms with Crippen LogP contribution in [0.15, 0.2) is 89.0 Å². The second kappa shape index (κ2) is 7.28. The van der Waals surface area contributed by atoms with E-state index >= 15 is 0 Å². The van der Waals surface area contributed by atoms with Crippen molar-refractivity contribution in [2.45, 2.75) is 16.3 Å². The minimum Gasteiger partial charge on any atom is -0.360 e. The van der Waals surface area contributed by atoms with Gasteiger partial charge < -0.3 is 10.3 Å². The minimum atomic E-state index is -3.55. The summed E-state index contributed by atoms with van der Waals surface area (Å²) in [6.45, 7) is 0.289. The fourth-order valence-electron chi connectivity index (χ4n) is 2.95. The molecule has 0 aliphatic heterocycles. The predicted octanol–water partition coefficient (Wildman–Crippen LogP) is 3.33. The number of aromatic amines is 1. The zero-order chi connectivity index (χ0) is 19.6. The van der Waals surface area contributed by atoms with E-state index in [1.165, 1.54) is 0 Å². The molecule has 0 saturated carbocycles. The van der Waals surface area contributed by atoms with Crippen LogP contribution in [0.4, 0.5) is 0 Å². The number of pyridine rings is 1. The van der Waals surface area contributed by atoms with E-state index in [9.17, 15) is 13.2 Å². The zero-order valence-corrected chi connectivity index (χ0v) is 15.6. The van der Waals surface area contributed by atoms with Crippen molar-refractivity contribution in [2.24, 2.45) is 0 Å². The van der Waals surface area contributed by atoms with Gasteiger partial charge in [0.05, 0.1) is 15.4 Å². The molecule has 2 aromatic heterocycles. The van der Waals surface area contributed by atoms with Crippen molar-refractivity contribution in [3.63, 3.8) is 0 Å². The van der Waals surface area contributed by atoms with Gasteiger partial charge in [0, 0.05) is 36.0 Å².